The summed E-state index contributed by atoms with van der Waals surface area (Å²) in [5.74, 6) is -0.720. The third-order valence-corrected chi connectivity index (χ3v) is 7.41. The molecule has 2 saturated heterocycles. The summed E-state index contributed by atoms with van der Waals surface area (Å²) in [6.45, 7) is 3.43. The smallest absolute Gasteiger partial charge is 0.255 e. The zero-order valence-corrected chi connectivity index (χ0v) is 16.6. The Morgan fingerprint density at radius 1 is 1.10 bits per heavy atom. The maximum atomic E-state index is 13.0. The first kappa shape index (κ1) is 18.8. The topological polar surface area (TPSA) is 90.5 Å². The first-order valence-corrected chi connectivity index (χ1v) is 10.8. The molecule has 7 heteroatoms. The molecule has 1 saturated carbocycles. The van der Waals surface area contributed by atoms with Crippen LogP contribution < -0.4 is 16.0 Å². The number of nitrogens with zero attached hydrogens (tertiary/aromatic N) is 1. The Labute approximate surface area is 170 Å². The van der Waals surface area contributed by atoms with Crippen LogP contribution in [0.5, 0.6) is 0 Å². The molecule has 3 aliphatic heterocycles. The predicted octanol–water partition coefficient (Wildman–Crippen LogP) is 1.07. The van der Waals surface area contributed by atoms with E-state index < -0.39 is 6.04 Å². The van der Waals surface area contributed by atoms with Crippen LogP contribution in [0.3, 0.4) is 0 Å². The number of carbonyl (C=O) groups excluding carboxylic acids is 3. The van der Waals surface area contributed by atoms with E-state index >= 15 is 0 Å². The lowest BCUT2D eigenvalue weighted by Gasteiger charge is -2.52. The van der Waals surface area contributed by atoms with Crippen molar-refractivity contribution in [3.63, 3.8) is 0 Å². The molecule has 0 aromatic heterocycles. The van der Waals surface area contributed by atoms with Crippen molar-refractivity contribution in [2.24, 2.45) is 5.41 Å². The normalized spacial score (nSPS) is 28.3. The largest absolute Gasteiger partial charge is 0.322 e. The molecule has 3 N–H and O–H groups in total. The van der Waals surface area contributed by atoms with Gasteiger partial charge in [-0.3, -0.25) is 19.7 Å². The van der Waals surface area contributed by atoms with Gasteiger partial charge in [0, 0.05) is 31.1 Å². The molecule has 5 rings (SSSR count). The Hall–Kier alpha value is -2.25. The molecule has 154 valence electrons. The number of benzene rings is 1. The summed E-state index contributed by atoms with van der Waals surface area (Å²) in [5.41, 5.74) is 3.22. The van der Waals surface area contributed by atoms with Crippen LogP contribution in [-0.4, -0.2) is 47.8 Å². The number of nitrogens with one attached hydrogen (secondary N) is 3. The van der Waals surface area contributed by atoms with E-state index in [-0.39, 0.29) is 24.1 Å². The quantitative estimate of drug-likeness (QED) is 0.663. The number of fused-ring (bicyclic) bond motifs is 1. The van der Waals surface area contributed by atoms with Crippen LogP contribution in [0.1, 0.15) is 60.0 Å². The lowest BCUT2D eigenvalue weighted by atomic mass is 9.59. The zero-order valence-electron chi connectivity index (χ0n) is 16.6. The second kappa shape index (κ2) is 7.22. The van der Waals surface area contributed by atoms with E-state index in [4.69, 9.17) is 0 Å². The van der Waals surface area contributed by atoms with Crippen molar-refractivity contribution in [3.05, 3.63) is 34.9 Å². The predicted molar refractivity (Wildman–Crippen MR) is 107 cm³/mol. The second-order valence-corrected chi connectivity index (χ2v) is 8.98. The average molecular weight is 396 g/mol. The number of carbonyl (C=O) groups is 3. The van der Waals surface area contributed by atoms with Gasteiger partial charge in [-0.1, -0.05) is 12.1 Å². The summed E-state index contributed by atoms with van der Waals surface area (Å²) >= 11 is 0. The fourth-order valence-electron chi connectivity index (χ4n) is 5.49. The SMILES string of the molecule is O=C1CCC(N2Cc3ccc(CNC4CCC45CCNCC5)cc3C2=O)C(=O)N1. The van der Waals surface area contributed by atoms with Gasteiger partial charge in [-0.15, -0.1) is 0 Å². The van der Waals surface area contributed by atoms with E-state index in [9.17, 15) is 14.4 Å². The minimum absolute atomic E-state index is 0.102. The summed E-state index contributed by atoms with van der Waals surface area (Å²) in [6.07, 6.45) is 5.72. The summed E-state index contributed by atoms with van der Waals surface area (Å²) in [5, 5.41) is 9.54. The Kier molecular flexibility index (Phi) is 4.67. The second-order valence-electron chi connectivity index (χ2n) is 8.98. The molecular weight excluding hydrogens is 368 g/mol. The first-order chi connectivity index (χ1) is 14.1. The molecule has 2 unspecified atom stereocenters. The minimum atomic E-state index is -0.552. The molecule has 1 spiro atoms. The van der Waals surface area contributed by atoms with E-state index in [0.717, 1.165) is 30.8 Å². The average Bonchev–Trinajstić information content (AvgIpc) is 3.04. The van der Waals surface area contributed by atoms with Crippen LogP contribution in [0.2, 0.25) is 0 Å². The van der Waals surface area contributed by atoms with Crippen molar-refractivity contribution in [1.82, 2.24) is 20.9 Å². The molecule has 3 heterocycles. The van der Waals surface area contributed by atoms with Crippen LogP contribution in [0.15, 0.2) is 18.2 Å². The summed E-state index contributed by atoms with van der Waals surface area (Å²) < 4.78 is 0. The maximum Gasteiger partial charge on any atom is 0.255 e. The maximum absolute atomic E-state index is 13.0. The van der Waals surface area contributed by atoms with Gasteiger partial charge in [0.25, 0.3) is 5.91 Å². The molecule has 29 heavy (non-hydrogen) atoms. The molecule has 4 aliphatic rings. The van der Waals surface area contributed by atoms with Gasteiger partial charge < -0.3 is 15.5 Å². The molecule has 0 radical (unpaired) electrons. The number of amides is 3. The highest BCUT2D eigenvalue weighted by Gasteiger charge is 2.46. The molecule has 7 nitrogen and oxygen atoms in total. The lowest BCUT2D eigenvalue weighted by Crippen LogP contribution is -2.57. The highest BCUT2D eigenvalue weighted by Crippen LogP contribution is 2.48. The van der Waals surface area contributed by atoms with Gasteiger partial charge in [-0.2, -0.15) is 0 Å². The lowest BCUT2D eigenvalue weighted by molar-refractivity contribution is -0.136. The summed E-state index contributed by atoms with van der Waals surface area (Å²) in [4.78, 5) is 38.1. The molecule has 3 amide bonds. The van der Waals surface area contributed by atoms with Gasteiger partial charge in [0.2, 0.25) is 11.8 Å². The molecule has 1 aliphatic carbocycles. The fourth-order valence-corrected chi connectivity index (χ4v) is 5.49. The Bertz CT molecular complexity index is 862. The van der Waals surface area contributed by atoms with Gasteiger partial charge in [0.05, 0.1) is 0 Å². The Balaban J connectivity index is 1.25. The van der Waals surface area contributed by atoms with E-state index in [2.05, 4.69) is 22.0 Å². The number of imide groups is 1. The van der Waals surface area contributed by atoms with Crippen molar-refractivity contribution in [2.75, 3.05) is 13.1 Å². The molecule has 1 aromatic carbocycles. The van der Waals surface area contributed by atoms with Crippen molar-refractivity contribution >= 4 is 17.7 Å². The standard InChI is InChI=1S/C22H28N4O3/c27-19-4-3-17(20(28)25-19)26-13-15-2-1-14(11-16(15)21(26)29)12-24-18-5-6-22(18)7-9-23-10-8-22/h1-2,11,17-18,23-24H,3-10,12-13H2,(H,25,27,28). The van der Waals surface area contributed by atoms with Gasteiger partial charge >= 0.3 is 0 Å². The number of hydrogen-bond acceptors (Lipinski definition) is 5. The highest BCUT2D eigenvalue weighted by molar-refractivity contribution is 6.05. The van der Waals surface area contributed by atoms with Crippen molar-refractivity contribution in [2.45, 2.75) is 63.7 Å². The van der Waals surface area contributed by atoms with Gasteiger partial charge in [0.1, 0.15) is 6.04 Å². The molecule has 1 aromatic rings. The van der Waals surface area contributed by atoms with E-state index in [1.165, 1.54) is 25.7 Å². The van der Waals surface area contributed by atoms with Crippen LogP contribution in [0.25, 0.3) is 0 Å². The monoisotopic (exact) mass is 396 g/mol. The van der Waals surface area contributed by atoms with Gasteiger partial charge in [0.15, 0.2) is 0 Å². The van der Waals surface area contributed by atoms with Crippen LogP contribution in [0, 0.1) is 5.41 Å². The number of rotatable bonds is 4. The molecule has 2 atom stereocenters. The Morgan fingerprint density at radius 2 is 1.93 bits per heavy atom. The Morgan fingerprint density at radius 3 is 2.66 bits per heavy atom. The minimum Gasteiger partial charge on any atom is -0.322 e. The fraction of sp³-hybridized carbons (Fsp3) is 0.591. The van der Waals surface area contributed by atoms with Crippen LogP contribution in [0.4, 0.5) is 0 Å². The molecular formula is C22H28N4O3. The van der Waals surface area contributed by atoms with Crippen molar-refractivity contribution in [3.8, 4) is 0 Å². The van der Waals surface area contributed by atoms with Gasteiger partial charge in [-0.05, 0) is 67.8 Å². The van der Waals surface area contributed by atoms with Crippen LogP contribution >= 0.6 is 0 Å². The number of piperidine rings is 2. The van der Waals surface area contributed by atoms with E-state index in [0.29, 0.717) is 30.0 Å². The summed E-state index contributed by atoms with van der Waals surface area (Å²) in [6, 6.07) is 6.08. The van der Waals surface area contributed by atoms with E-state index in [1.807, 2.05) is 12.1 Å². The summed E-state index contributed by atoms with van der Waals surface area (Å²) in [7, 11) is 0. The zero-order chi connectivity index (χ0) is 20.0. The molecule has 3 fully saturated rings. The number of hydrogen-bond donors (Lipinski definition) is 3. The van der Waals surface area contributed by atoms with Crippen LogP contribution in [-0.2, 0) is 22.7 Å². The van der Waals surface area contributed by atoms with Crippen molar-refractivity contribution < 1.29 is 14.4 Å². The third kappa shape index (κ3) is 3.26. The highest BCUT2D eigenvalue weighted by atomic mass is 16.2. The van der Waals surface area contributed by atoms with E-state index in [1.54, 1.807) is 4.90 Å². The van der Waals surface area contributed by atoms with Gasteiger partial charge in [-0.25, -0.2) is 0 Å². The van der Waals surface area contributed by atoms with Crippen molar-refractivity contribution in [1.29, 1.82) is 0 Å². The first-order valence-electron chi connectivity index (χ1n) is 10.8. The molecule has 0 bridgehead atoms. The third-order valence-electron chi connectivity index (χ3n) is 7.41.